The highest BCUT2D eigenvalue weighted by molar-refractivity contribution is 6.78. The van der Waals surface area contributed by atoms with Gasteiger partial charge in [-0.15, -0.1) is 0 Å². The maximum absolute atomic E-state index is 7.02. The topological polar surface area (TPSA) is 21.6 Å². The lowest BCUT2D eigenvalue weighted by Gasteiger charge is -2.44. The van der Waals surface area contributed by atoms with E-state index in [1.165, 1.54) is 5.56 Å². The van der Waals surface area contributed by atoms with E-state index < -0.39 is 16.6 Å². The van der Waals surface area contributed by atoms with Gasteiger partial charge in [-0.2, -0.15) is 0 Å². The Hall–Kier alpha value is -0.716. The van der Waals surface area contributed by atoms with Crippen molar-refractivity contribution in [3.05, 3.63) is 35.9 Å². The van der Waals surface area contributed by atoms with E-state index in [1.54, 1.807) is 0 Å². The fraction of sp³-hybridized carbons (Fsp3) is 0.650. The van der Waals surface area contributed by atoms with Crippen molar-refractivity contribution in [2.75, 3.05) is 0 Å². The number of hydrogen-bond donors (Lipinski definition) is 0. The normalized spacial score (nSPS) is 15.0. The molecule has 0 fully saturated rings. The van der Waals surface area contributed by atoms with Crippen LogP contribution in [0.1, 0.15) is 53.2 Å². The van der Waals surface area contributed by atoms with Crippen LogP contribution >= 0.6 is 0 Å². The molecule has 0 spiro atoms. The molecular formula is C20H37NOSi2. The first-order valence-corrected chi connectivity index (χ1v) is 14.9. The highest BCUT2D eigenvalue weighted by atomic mass is 28.4. The molecule has 1 rings (SSSR count). The summed E-state index contributed by atoms with van der Waals surface area (Å²) in [6, 6.07) is 10.6. The summed E-state index contributed by atoms with van der Waals surface area (Å²) >= 11 is 0. The van der Waals surface area contributed by atoms with Crippen molar-refractivity contribution < 1.29 is 4.43 Å². The van der Waals surface area contributed by atoms with Gasteiger partial charge < -0.3 is 9.08 Å². The third-order valence-electron chi connectivity index (χ3n) is 4.76. The molecule has 1 atom stereocenters. The van der Waals surface area contributed by atoms with Crippen LogP contribution in [0.4, 0.5) is 0 Å². The molecule has 0 saturated heterocycles. The van der Waals surface area contributed by atoms with E-state index in [-0.39, 0.29) is 6.10 Å². The maximum Gasteiger partial charge on any atom is 0.201 e. The maximum atomic E-state index is 7.02. The summed E-state index contributed by atoms with van der Waals surface area (Å²) in [5.41, 5.74) is 2.94. The summed E-state index contributed by atoms with van der Waals surface area (Å²) in [5, 5.41) is 0. The monoisotopic (exact) mass is 363 g/mol. The highest BCUT2D eigenvalue weighted by Crippen LogP contribution is 2.44. The van der Waals surface area contributed by atoms with Crippen LogP contribution in [0.15, 0.2) is 35.0 Å². The Bertz CT molecular complexity index is 496. The van der Waals surface area contributed by atoms with Crippen molar-refractivity contribution in [3.8, 4) is 0 Å². The average molecular weight is 364 g/mol. The van der Waals surface area contributed by atoms with Crippen LogP contribution in [0.25, 0.3) is 0 Å². The summed E-state index contributed by atoms with van der Waals surface area (Å²) in [5.74, 6) is 0. The molecule has 2 nitrogen and oxygen atoms in total. The molecule has 0 aliphatic rings. The molecule has 0 heterocycles. The van der Waals surface area contributed by atoms with Gasteiger partial charge in [0.05, 0.1) is 0 Å². The van der Waals surface area contributed by atoms with Crippen molar-refractivity contribution in [3.63, 3.8) is 0 Å². The Kier molecular flexibility index (Phi) is 7.63. The van der Waals surface area contributed by atoms with Gasteiger partial charge in [0.1, 0.15) is 6.10 Å². The minimum atomic E-state index is -1.95. The molecule has 0 saturated carbocycles. The SMILES string of the molecule is CC(C)[Si](O[C@H](/C=N/[Si](C)(C)C)c1ccccc1)(C(C)C)C(C)C. The number of rotatable bonds is 8. The molecule has 136 valence electrons. The molecule has 4 heteroatoms. The first-order valence-electron chi connectivity index (χ1n) is 9.28. The highest BCUT2D eigenvalue weighted by Gasteiger charge is 2.46. The second-order valence-corrected chi connectivity index (χ2v) is 18.7. The summed E-state index contributed by atoms with van der Waals surface area (Å²) in [4.78, 5) is 0. The van der Waals surface area contributed by atoms with Crippen LogP contribution in [-0.4, -0.2) is 22.8 Å². The lowest BCUT2D eigenvalue weighted by atomic mass is 10.1. The van der Waals surface area contributed by atoms with Gasteiger partial charge in [0.25, 0.3) is 0 Å². The van der Waals surface area contributed by atoms with Crippen molar-refractivity contribution in [1.82, 2.24) is 0 Å². The molecule has 0 aliphatic heterocycles. The van der Waals surface area contributed by atoms with Gasteiger partial charge in [0.15, 0.2) is 8.24 Å². The molecule has 0 bridgehead atoms. The second-order valence-electron chi connectivity index (χ2n) is 8.72. The quantitative estimate of drug-likeness (QED) is 0.366. The van der Waals surface area contributed by atoms with Gasteiger partial charge in [-0.25, -0.2) is 0 Å². The zero-order chi connectivity index (χ0) is 18.5. The molecular weight excluding hydrogens is 326 g/mol. The van der Waals surface area contributed by atoms with Crippen molar-refractivity contribution in [1.29, 1.82) is 0 Å². The molecule has 24 heavy (non-hydrogen) atoms. The van der Waals surface area contributed by atoms with Crippen molar-refractivity contribution in [2.45, 2.75) is 83.9 Å². The van der Waals surface area contributed by atoms with Gasteiger partial charge in [0, 0.05) is 6.21 Å². The smallest absolute Gasteiger partial charge is 0.201 e. The van der Waals surface area contributed by atoms with E-state index in [9.17, 15) is 0 Å². The lowest BCUT2D eigenvalue weighted by Crippen LogP contribution is -2.48. The van der Waals surface area contributed by atoms with E-state index in [0.29, 0.717) is 16.6 Å². The Morgan fingerprint density at radius 1 is 0.833 bits per heavy atom. The number of hydrogen-bond acceptors (Lipinski definition) is 2. The Morgan fingerprint density at radius 3 is 1.67 bits per heavy atom. The van der Waals surface area contributed by atoms with Crippen LogP contribution in [0.3, 0.4) is 0 Å². The van der Waals surface area contributed by atoms with Crippen LogP contribution < -0.4 is 0 Å². The molecule has 1 aromatic rings. The van der Waals surface area contributed by atoms with Crippen molar-refractivity contribution >= 4 is 22.8 Å². The summed E-state index contributed by atoms with van der Waals surface area (Å²) < 4.78 is 11.9. The molecule has 0 N–H and O–H groups in total. The van der Waals surface area contributed by atoms with E-state index in [0.717, 1.165) is 0 Å². The third kappa shape index (κ3) is 5.40. The minimum absolute atomic E-state index is 0.0307. The molecule has 0 aliphatic carbocycles. The van der Waals surface area contributed by atoms with Crippen LogP contribution in [0, 0.1) is 0 Å². The predicted molar refractivity (Wildman–Crippen MR) is 113 cm³/mol. The predicted octanol–water partition coefficient (Wildman–Crippen LogP) is 6.83. The first-order chi connectivity index (χ1) is 11.0. The van der Waals surface area contributed by atoms with E-state index in [1.807, 2.05) is 0 Å². The molecule has 0 amide bonds. The number of benzene rings is 1. The Labute approximate surface area is 152 Å². The van der Waals surface area contributed by atoms with Crippen LogP contribution in [-0.2, 0) is 4.43 Å². The molecule has 0 unspecified atom stereocenters. The second kappa shape index (κ2) is 8.59. The van der Waals surface area contributed by atoms with E-state index in [2.05, 4.69) is 97.7 Å². The van der Waals surface area contributed by atoms with Gasteiger partial charge in [-0.3, -0.25) is 0 Å². The first kappa shape index (κ1) is 21.3. The Morgan fingerprint density at radius 2 is 1.29 bits per heavy atom. The Balaban J connectivity index is 3.30. The fourth-order valence-electron chi connectivity index (χ4n) is 3.75. The van der Waals surface area contributed by atoms with Gasteiger partial charge in [-0.1, -0.05) is 71.9 Å². The average Bonchev–Trinajstić information content (AvgIpc) is 2.46. The molecule has 1 aromatic carbocycles. The molecule has 0 aromatic heterocycles. The summed E-state index contributed by atoms with van der Waals surface area (Å²) in [6.45, 7) is 20.8. The van der Waals surface area contributed by atoms with E-state index in [4.69, 9.17) is 9.08 Å². The zero-order valence-electron chi connectivity index (χ0n) is 17.1. The number of nitrogens with zero attached hydrogens (tertiary/aromatic N) is 1. The van der Waals surface area contributed by atoms with Gasteiger partial charge in [0.2, 0.25) is 8.32 Å². The van der Waals surface area contributed by atoms with Crippen LogP contribution in [0.2, 0.25) is 36.3 Å². The van der Waals surface area contributed by atoms with Crippen LogP contribution in [0.5, 0.6) is 0 Å². The molecule has 0 radical (unpaired) electrons. The lowest BCUT2D eigenvalue weighted by molar-refractivity contribution is 0.241. The van der Waals surface area contributed by atoms with E-state index >= 15 is 0 Å². The fourth-order valence-corrected chi connectivity index (χ4v) is 9.78. The van der Waals surface area contributed by atoms with Gasteiger partial charge in [-0.05, 0) is 41.8 Å². The third-order valence-corrected chi connectivity index (χ3v) is 11.8. The van der Waals surface area contributed by atoms with Gasteiger partial charge >= 0.3 is 0 Å². The largest absolute Gasteiger partial charge is 0.404 e. The summed E-state index contributed by atoms with van der Waals surface area (Å²) in [6.07, 6.45) is 2.06. The van der Waals surface area contributed by atoms with Crippen molar-refractivity contribution in [2.24, 2.45) is 4.66 Å². The standard InChI is InChI=1S/C20H37NOSi2/c1-16(2)24(17(3)4,18(5)6)22-20(15-21-23(7,8)9)19-13-11-10-12-14-19/h10-18,20H,1-9H3/b21-15+/t20-/m1/s1. The minimum Gasteiger partial charge on any atom is -0.404 e. The summed E-state index contributed by atoms with van der Waals surface area (Å²) in [7, 11) is -3.45. The zero-order valence-corrected chi connectivity index (χ0v) is 19.1.